The standard InChI is InChI=1S/C16H26N2O4S/c1-5-7-13(3)17-16(19)12-18(6-2)23(20,21)15-10-8-14(22-4)9-11-15/h8-11,13H,5-7,12H2,1-4H3,(H,17,19). The molecule has 130 valence electrons. The molecule has 1 aromatic rings. The molecule has 0 radical (unpaired) electrons. The molecule has 1 atom stereocenters. The van der Waals surface area contributed by atoms with Crippen molar-refractivity contribution >= 4 is 15.9 Å². The van der Waals surface area contributed by atoms with E-state index in [1.54, 1.807) is 19.1 Å². The van der Waals surface area contributed by atoms with E-state index in [2.05, 4.69) is 5.32 Å². The molecular weight excluding hydrogens is 316 g/mol. The number of hydrogen-bond acceptors (Lipinski definition) is 4. The number of hydrogen-bond donors (Lipinski definition) is 1. The molecule has 1 N–H and O–H groups in total. The number of likely N-dealkylation sites (N-methyl/N-ethyl adjacent to an activating group) is 1. The Bertz CT molecular complexity index is 599. The maximum atomic E-state index is 12.6. The average molecular weight is 342 g/mol. The van der Waals surface area contributed by atoms with Crippen molar-refractivity contribution in [3.05, 3.63) is 24.3 Å². The van der Waals surface area contributed by atoms with E-state index in [9.17, 15) is 13.2 Å². The predicted molar refractivity (Wildman–Crippen MR) is 89.9 cm³/mol. The lowest BCUT2D eigenvalue weighted by Gasteiger charge is -2.21. The minimum Gasteiger partial charge on any atom is -0.497 e. The molecular formula is C16H26N2O4S. The van der Waals surface area contributed by atoms with Gasteiger partial charge in [-0.15, -0.1) is 0 Å². The topological polar surface area (TPSA) is 75.7 Å². The third-order valence-electron chi connectivity index (χ3n) is 3.50. The van der Waals surface area contributed by atoms with Gasteiger partial charge in [0.2, 0.25) is 15.9 Å². The molecule has 0 saturated heterocycles. The first kappa shape index (κ1) is 19.4. The second kappa shape index (κ2) is 8.88. The van der Waals surface area contributed by atoms with Crippen LogP contribution in [-0.4, -0.2) is 44.9 Å². The van der Waals surface area contributed by atoms with Crippen molar-refractivity contribution in [3.63, 3.8) is 0 Å². The minimum absolute atomic E-state index is 0.0369. The molecule has 0 aliphatic heterocycles. The number of carbonyl (C=O) groups is 1. The molecule has 0 bridgehead atoms. The predicted octanol–water partition coefficient (Wildman–Crippen LogP) is 2.01. The van der Waals surface area contributed by atoms with Gasteiger partial charge < -0.3 is 10.1 Å². The molecule has 0 aliphatic carbocycles. The molecule has 1 unspecified atom stereocenters. The first-order chi connectivity index (χ1) is 10.8. The Balaban J connectivity index is 2.83. The Morgan fingerprint density at radius 3 is 2.35 bits per heavy atom. The molecule has 0 fully saturated rings. The quantitative estimate of drug-likeness (QED) is 0.745. The highest BCUT2D eigenvalue weighted by atomic mass is 32.2. The van der Waals surface area contributed by atoms with E-state index in [4.69, 9.17) is 4.74 Å². The maximum Gasteiger partial charge on any atom is 0.243 e. The Labute approximate surface area is 138 Å². The number of rotatable bonds is 9. The number of carbonyl (C=O) groups excluding carboxylic acids is 1. The summed E-state index contributed by atoms with van der Waals surface area (Å²) in [7, 11) is -2.18. The fourth-order valence-electron chi connectivity index (χ4n) is 2.25. The van der Waals surface area contributed by atoms with Gasteiger partial charge in [-0.1, -0.05) is 20.3 Å². The molecule has 1 aromatic carbocycles. The van der Waals surface area contributed by atoms with Crippen LogP contribution < -0.4 is 10.1 Å². The second-order valence-corrected chi connectivity index (χ2v) is 7.30. The van der Waals surface area contributed by atoms with Crippen molar-refractivity contribution in [1.82, 2.24) is 9.62 Å². The zero-order chi connectivity index (χ0) is 17.5. The van der Waals surface area contributed by atoms with Crippen LogP contribution in [0, 0.1) is 0 Å². The Kier molecular flexibility index (Phi) is 7.51. The van der Waals surface area contributed by atoms with Gasteiger partial charge in [0.1, 0.15) is 5.75 Å². The molecule has 7 heteroatoms. The lowest BCUT2D eigenvalue weighted by atomic mass is 10.2. The van der Waals surface area contributed by atoms with E-state index in [-0.39, 0.29) is 29.9 Å². The van der Waals surface area contributed by atoms with Gasteiger partial charge in [0.15, 0.2) is 0 Å². The van der Waals surface area contributed by atoms with Crippen molar-refractivity contribution in [3.8, 4) is 5.75 Å². The largest absolute Gasteiger partial charge is 0.497 e. The normalized spacial score (nSPS) is 12.9. The SMILES string of the molecule is CCCC(C)NC(=O)CN(CC)S(=O)(=O)c1ccc(OC)cc1. The number of methoxy groups -OCH3 is 1. The minimum atomic E-state index is -3.70. The summed E-state index contributed by atoms with van der Waals surface area (Å²) in [5.41, 5.74) is 0. The number of nitrogens with zero attached hydrogens (tertiary/aromatic N) is 1. The van der Waals surface area contributed by atoms with Crippen LogP contribution in [0.4, 0.5) is 0 Å². The summed E-state index contributed by atoms with van der Waals surface area (Å²) in [6.07, 6.45) is 1.83. The summed E-state index contributed by atoms with van der Waals surface area (Å²) in [5.74, 6) is 0.294. The molecule has 0 aliphatic rings. The van der Waals surface area contributed by atoms with Gasteiger partial charge >= 0.3 is 0 Å². The van der Waals surface area contributed by atoms with Crippen molar-refractivity contribution < 1.29 is 17.9 Å². The van der Waals surface area contributed by atoms with Crippen molar-refractivity contribution in [2.75, 3.05) is 20.2 Å². The summed E-state index contributed by atoms with van der Waals surface area (Å²) in [5, 5.41) is 2.82. The van der Waals surface area contributed by atoms with Crippen LogP contribution in [0.25, 0.3) is 0 Å². The van der Waals surface area contributed by atoms with E-state index in [1.165, 1.54) is 23.5 Å². The smallest absolute Gasteiger partial charge is 0.243 e. The van der Waals surface area contributed by atoms with E-state index in [0.29, 0.717) is 5.75 Å². The molecule has 23 heavy (non-hydrogen) atoms. The molecule has 6 nitrogen and oxygen atoms in total. The number of benzene rings is 1. The number of amides is 1. The van der Waals surface area contributed by atoms with Gasteiger partial charge in [-0.05, 0) is 37.6 Å². The Morgan fingerprint density at radius 2 is 1.87 bits per heavy atom. The Morgan fingerprint density at radius 1 is 1.26 bits per heavy atom. The molecule has 1 rings (SSSR count). The maximum absolute atomic E-state index is 12.6. The van der Waals surface area contributed by atoms with Crippen LogP contribution in [0.3, 0.4) is 0 Å². The molecule has 0 saturated carbocycles. The summed E-state index contributed by atoms with van der Waals surface area (Å²) < 4.78 is 31.4. The highest BCUT2D eigenvalue weighted by Crippen LogP contribution is 2.19. The number of ether oxygens (including phenoxy) is 1. The van der Waals surface area contributed by atoms with Gasteiger partial charge in [-0.25, -0.2) is 8.42 Å². The lowest BCUT2D eigenvalue weighted by molar-refractivity contribution is -0.121. The summed E-state index contributed by atoms with van der Waals surface area (Å²) in [4.78, 5) is 12.2. The first-order valence-electron chi connectivity index (χ1n) is 7.78. The van der Waals surface area contributed by atoms with E-state index < -0.39 is 10.0 Å². The fourth-order valence-corrected chi connectivity index (χ4v) is 3.65. The van der Waals surface area contributed by atoms with Crippen molar-refractivity contribution in [2.24, 2.45) is 0 Å². The lowest BCUT2D eigenvalue weighted by Crippen LogP contribution is -2.43. The third kappa shape index (κ3) is 5.51. The third-order valence-corrected chi connectivity index (χ3v) is 5.43. The first-order valence-corrected chi connectivity index (χ1v) is 9.22. The van der Waals surface area contributed by atoms with Gasteiger partial charge in [0.25, 0.3) is 0 Å². The number of nitrogens with one attached hydrogen (secondary N) is 1. The van der Waals surface area contributed by atoms with E-state index in [1.807, 2.05) is 13.8 Å². The molecule has 1 amide bonds. The second-order valence-electron chi connectivity index (χ2n) is 5.36. The monoisotopic (exact) mass is 342 g/mol. The Hall–Kier alpha value is -1.60. The van der Waals surface area contributed by atoms with Crippen LogP contribution in [0.2, 0.25) is 0 Å². The molecule has 0 aromatic heterocycles. The van der Waals surface area contributed by atoms with Crippen LogP contribution >= 0.6 is 0 Å². The zero-order valence-corrected chi connectivity index (χ0v) is 15.0. The number of sulfonamides is 1. The molecule has 0 heterocycles. The average Bonchev–Trinajstić information content (AvgIpc) is 2.52. The van der Waals surface area contributed by atoms with Gasteiger partial charge in [-0.2, -0.15) is 4.31 Å². The van der Waals surface area contributed by atoms with Crippen LogP contribution in [-0.2, 0) is 14.8 Å². The van der Waals surface area contributed by atoms with Crippen LogP contribution in [0.1, 0.15) is 33.6 Å². The highest BCUT2D eigenvalue weighted by molar-refractivity contribution is 7.89. The summed E-state index contributed by atoms with van der Waals surface area (Å²) in [6.45, 7) is 5.71. The van der Waals surface area contributed by atoms with Crippen LogP contribution in [0.15, 0.2) is 29.2 Å². The molecule has 0 spiro atoms. The van der Waals surface area contributed by atoms with Gasteiger partial charge in [0.05, 0.1) is 18.6 Å². The van der Waals surface area contributed by atoms with E-state index in [0.717, 1.165) is 12.8 Å². The van der Waals surface area contributed by atoms with Crippen molar-refractivity contribution in [1.29, 1.82) is 0 Å². The zero-order valence-electron chi connectivity index (χ0n) is 14.2. The van der Waals surface area contributed by atoms with Crippen molar-refractivity contribution in [2.45, 2.75) is 44.6 Å². The van der Waals surface area contributed by atoms with Gasteiger partial charge in [-0.3, -0.25) is 4.79 Å². The summed E-state index contributed by atoms with van der Waals surface area (Å²) >= 11 is 0. The van der Waals surface area contributed by atoms with Gasteiger partial charge in [0, 0.05) is 12.6 Å². The highest BCUT2D eigenvalue weighted by Gasteiger charge is 2.25. The van der Waals surface area contributed by atoms with E-state index >= 15 is 0 Å². The fraction of sp³-hybridized carbons (Fsp3) is 0.562. The van der Waals surface area contributed by atoms with Crippen LogP contribution in [0.5, 0.6) is 5.75 Å². The summed E-state index contributed by atoms with van der Waals surface area (Å²) in [6, 6.07) is 6.17.